The van der Waals surface area contributed by atoms with Crippen LogP contribution in [0.25, 0.3) is 0 Å². The fourth-order valence-corrected chi connectivity index (χ4v) is 5.69. The maximum Gasteiger partial charge on any atom is 0.0640 e. The summed E-state index contributed by atoms with van der Waals surface area (Å²) in [6.07, 6.45) is 9.92. The van der Waals surface area contributed by atoms with Gasteiger partial charge in [0, 0.05) is 18.7 Å². The molecule has 3 nitrogen and oxygen atoms in total. The van der Waals surface area contributed by atoms with Crippen molar-refractivity contribution in [3.8, 4) is 0 Å². The van der Waals surface area contributed by atoms with Crippen LogP contribution in [0.1, 0.15) is 57.7 Å². The van der Waals surface area contributed by atoms with E-state index >= 15 is 0 Å². The molecule has 0 saturated heterocycles. The third-order valence-corrected chi connectivity index (χ3v) is 6.71. The normalized spacial score (nSPS) is 38.0. The summed E-state index contributed by atoms with van der Waals surface area (Å²) in [4.78, 5) is 0. The van der Waals surface area contributed by atoms with Gasteiger partial charge in [-0.3, -0.25) is 4.68 Å². The third-order valence-electron chi connectivity index (χ3n) is 6.71. The summed E-state index contributed by atoms with van der Waals surface area (Å²) < 4.78 is 2.15. The smallest absolute Gasteiger partial charge is 0.0640 e. The van der Waals surface area contributed by atoms with E-state index in [0.717, 1.165) is 48.9 Å². The highest BCUT2D eigenvalue weighted by Gasteiger charge is 2.66. The lowest BCUT2D eigenvalue weighted by Crippen LogP contribution is -2.29. The lowest BCUT2D eigenvalue weighted by Gasteiger charge is -2.15. The van der Waals surface area contributed by atoms with Gasteiger partial charge in [-0.15, -0.1) is 0 Å². The minimum atomic E-state index is 0.341. The zero-order chi connectivity index (χ0) is 14.6. The predicted octanol–water partition coefficient (Wildman–Crippen LogP) is 3.41. The summed E-state index contributed by atoms with van der Waals surface area (Å²) >= 11 is 0. The fraction of sp³-hybridized carbons (Fsp3) is 0.833. The molecule has 2 bridgehead atoms. The molecule has 0 amide bonds. The summed E-state index contributed by atoms with van der Waals surface area (Å²) in [6.45, 7) is 4.48. The SMILES string of the molecule is CCC(CC)n1ccc(CC(N)C2C3C4CCC(C4)C23)n1. The molecule has 1 heterocycles. The van der Waals surface area contributed by atoms with E-state index in [1.807, 2.05) is 0 Å². The molecule has 4 rings (SSSR count). The number of nitrogens with two attached hydrogens (primary N) is 1. The first-order valence-electron chi connectivity index (χ1n) is 9.02. The van der Waals surface area contributed by atoms with Crippen LogP contribution in [0.3, 0.4) is 0 Å². The molecule has 3 fully saturated rings. The van der Waals surface area contributed by atoms with Crippen molar-refractivity contribution < 1.29 is 0 Å². The summed E-state index contributed by atoms with van der Waals surface area (Å²) in [6, 6.07) is 3.07. The molecule has 3 aliphatic rings. The van der Waals surface area contributed by atoms with Gasteiger partial charge in [0.05, 0.1) is 11.7 Å². The van der Waals surface area contributed by atoms with Crippen molar-refractivity contribution >= 4 is 0 Å². The lowest BCUT2D eigenvalue weighted by atomic mass is 9.95. The number of hydrogen-bond acceptors (Lipinski definition) is 2. The van der Waals surface area contributed by atoms with Gasteiger partial charge in [0.2, 0.25) is 0 Å². The summed E-state index contributed by atoms with van der Waals surface area (Å²) in [5.41, 5.74) is 7.76. The number of aromatic nitrogens is 2. The van der Waals surface area contributed by atoms with Gasteiger partial charge in [0.25, 0.3) is 0 Å². The van der Waals surface area contributed by atoms with Gasteiger partial charge in [0.1, 0.15) is 0 Å². The van der Waals surface area contributed by atoms with Crippen LogP contribution in [-0.4, -0.2) is 15.8 Å². The molecule has 3 aliphatic carbocycles. The highest BCUT2D eigenvalue weighted by molar-refractivity contribution is 5.17. The zero-order valence-electron chi connectivity index (χ0n) is 13.4. The van der Waals surface area contributed by atoms with Gasteiger partial charge in [0.15, 0.2) is 0 Å². The monoisotopic (exact) mass is 287 g/mol. The first kappa shape index (κ1) is 13.8. The van der Waals surface area contributed by atoms with Crippen LogP contribution in [-0.2, 0) is 6.42 Å². The van der Waals surface area contributed by atoms with Crippen LogP contribution in [0.2, 0.25) is 0 Å². The Morgan fingerprint density at radius 2 is 1.90 bits per heavy atom. The van der Waals surface area contributed by atoms with Crippen molar-refractivity contribution in [1.29, 1.82) is 0 Å². The maximum atomic E-state index is 6.55. The van der Waals surface area contributed by atoms with E-state index in [4.69, 9.17) is 10.8 Å². The van der Waals surface area contributed by atoms with Crippen LogP contribution in [0.4, 0.5) is 0 Å². The van der Waals surface area contributed by atoms with Crippen molar-refractivity contribution in [2.45, 2.75) is 64.5 Å². The van der Waals surface area contributed by atoms with E-state index in [1.165, 1.54) is 25.0 Å². The van der Waals surface area contributed by atoms with E-state index in [2.05, 4.69) is 30.8 Å². The predicted molar refractivity (Wildman–Crippen MR) is 84.8 cm³/mol. The molecule has 1 aromatic rings. The Kier molecular flexibility index (Phi) is 3.36. The topological polar surface area (TPSA) is 43.8 Å². The number of nitrogens with zero attached hydrogens (tertiary/aromatic N) is 2. The van der Waals surface area contributed by atoms with Gasteiger partial charge in [-0.05, 0) is 67.8 Å². The number of rotatable bonds is 6. The average Bonchev–Trinajstić information content (AvgIpc) is 2.84. The molecule has 0 aromatic carbocycles. The summed E-state index contributed by atoms with van der Waals surface area (Å²) in [5.74, 6) is 4.84. The van der Waals surface area contributed by atoms with Gasteiger partial charge in [-0.2, -0.15) is 5.10 Å². The van der Waals surface area contributed by atoms with Gasteiger partial charge in [-0.25, -0.2) is 0 Å². The minimum absolute atomic E-state index is 0.341. The van der Waals surface area contributed by atoms with Crippen molar-refractivity contribution in [1.82, 2.24) is 9.78 Å². The van der Waals surface area contributed by atoms with E-state index in [0.29, 0.717) is 12.1 Å². The molecule has 5 atom stereocenters. The second-order valence-corrected chi connectivity index (χ2v) is 7.69. The maximum absolute atomic E-state index is 6.55. The van der Waals surface area contributed by atoms with E-state index in [1.54, 1.807) is 0 Å². The van der Waals surface area contributed by atoms with Crippen LogP contribution in [0, 0.1) is 29.6 Å². The average molecular weight is 287 g/mol. The molecule has 2 N–H and O–H groups in total. The van der Waals surface area contributed by atoms with E-state index in [-0.39, 0.29) is 0 Å². The first-order chi connectivity index (χ1) is 10.2. The first-order valence-corrected chi connectivity index (χ1v) is 9.02. The molecule has 0 radical (unpaired) electrons. The lowest BCUT2D eigenvalue weighted by molar-refractivity contribution is 0.400. The van der Waals surface area contributed by atoms with Crippen molar-refractivity contribution in [2.24, 2.45) is 35.3 Å². The molecule has 0 aliphatic heterocycles. The quantitative estimate of drug-likeness (QED) is 0.871. The Bertz CT molecular complexity index is 488. The largest absolute Gasteiger partial charge is 0.327 e. The molecule has 3 heteroatoms. The molecular weight excluding hydrogens is 258 g/mol. The van der Waals surface area contributed by atoms with Crippen molar-refractivity contribution in [2.75, 3.05) is 0 Å². The Morgan fingerprint density at radius 3 is 2.52 bits per heavy atom. The van der Waals surface area contributed by atoms with E-state index in [9.17, 15) is 0 Å². The molecule has 21 heavy (non-hydrogen) atoms. The number of hydrogen-bond donors (Lipinski definition) is 1. The minimum Gasteiger partial charge on any atom is -0.327 e. The van der Waals surface area contributed by atoms with Crippen molar-refractivity contribution in [3.63, 3.8) is 0 Å². The molecule has 0 spiro atoms. The summed E-state index contributed by atoms with van der Waals surface area (Å²) in [7, 11) is 0. The van der Waals surface area contributed by atoms with Gasteiger partial charge >= 0.3 is 0 Å². The van der Waals surface area contributed by atoms with Crippen LogP contribution in [0.5, 0.6) is 0 Å². The standard InChI is InChI=1S/C18H29N3/c1-3-14(4-2)21-8-7-13(20-21)10-15(19)18-16-11-5-6-12(9-11)17(16)18/h7-8,11-12,14-18H,3-6,9-10,19H2,1-2H3. The molecule has 1 aromatic heterocycles. The van der Waals surface area contributed by atoms with Crippen LogP contribution >= 0.6 is 0 Å². The highest BCUT2D eigenvalue weighted by Crippen LogP contribution is 2.70. The Labute approximate surface area is 128 Å². The molecule has 116 valence electrons. The zero-order valence-corrected chi connectivity index (χ0v) is 13.4. The highest BCUT2D eigenvalue weighted by atomic mass is 15.3. The van der Waals surface area contributed by atoms with Crippen molar-refractivity contribution in [3.05, 3.63) is 18.0 Å². The Morgan fingerprint density at radius 1 is 1.24 bits per heavy atom. The number of fused-ring (bicyclic) bond motifs is 5. The van der Waals surface area contributed by atoms with Gasteiger partial charge in [-0.1, -0.05) is 13.8 Å². The molecular formula is C18H29N3. The van der Waals surface area contributed by atoms with Crippen LogP contribution < -0.4 is 5.73 Å². The fourth-order valence-electron chi connectivity index (χ4n) is 5.69. The molecule has 5 unspecified atom stereocenters. The molecule has 3 saturated carbocycles. The van der Waals surface area contributed by atoms with Gasteiger partial charge < -0.3 is 5.73 Å². The Hall–Kier alpha value is -0.830. The second kappa shape index (κ2) is 5.12. The summed E-state index contributed by atoms with van der Waals surface area (Å²) in [5, 5.41) is 4.79. The van der Waals surface area contributed by atoms with E-state index < -0.39 is 0 Å². The van der Waals surface area contributed by atoms with Crippen LogP contribution in [0.15, 0.2) is 12.3 Å². The second-order valence-electron chi connectivity index (χ2n) is 7.69. The third kappa shape index (κ3) is 2.16. The Balaban J connectivity index is 1.38.